The molecule has 0 unspecified atom stereocenters. The van der Waals surface area contributed by atoms with E-state index < -0.39 is 0 Å². The maximum Gasteiger partial charge on any atom is 0.310 e. The molecule has 0 bridgehead atoms. The molecule has 2 aromatic rings. The van der Waals surface area contributed by atoms with Crippen LogP contribution in [0.15, 0.2) is 40.9 Å². The Kier molecular flexibility index (Phi) is 6.48. The zero-order chi connectivity index (χ0) is 16.8. The molecule has 0 spiro atoms. The maximum absolute atomic E-state index is 11.5. The van der Waals surface area contributed by atoms with E-state index in [9.17, 15) is 4.79 Å². The minimum absolute atomic E-state index is 0.269. The Morgan fingerprint density at radius 1 is 1.13 bits per heavy atom. The molecule has 0 aliphatic rings. The van der Waals surface area contributed by atoms with E-state index in [4.69, 9.17) is 21.1 Å². The predicted molar refractivity (Wildman–Crippen MR) is 95.2 cm³/mol. The molecule has 0 heterocycles. The monoisotopic (exact) mass is 396 g/mol. The van der Waals surface area contributed by atoms with Crippen LogP contribution in [0.3, 0.4) is 0 Å². The van der Waals surface area contributed by atoms with E-state index in [0.29, 0.717) is 22.9 Å². The largest absolute Gasteiger partial charge is 0.488 e. The fourth-order valence-electron chi connectivity index (χ4n) is 2.02. The zero-order valence-electron chi connectivity index (χ0n) is 13.1. The molecule has 5 heteroatoms. The minimum Gasteiger partial charge on any atom is -0.488 e. The second kappa shape index (κ2) is 8.37. The van der Waals surface area contributed by atoms with Gasteiger partial charge in [0.05, 0.1) is 4.47 Å². The molecule has 3 nitrogen and oxygen atoms in total. The SMILES string of the molecule is CCC(=O)Oc1ccccc1COc1cc(Cl)c(CC)cc1Br. The van der Waals surface area contributed by atoms with Gasteiger partial charge in [-0.15, -0.1) is 0 Å². The summed E-state index contributed by atoms with van der Waals surface area (Å²) < 4.78 is 12.0. The van der Waals surface area contributed by atoms with Crippen LogP contribution in [0.25, 0.3) is 0 Å². The second-order valence-electron chi connectivity index (χ2n) is 4.95. The van der Waals surface area contributed by atoms with Crippen LogP contribution >= 0.6 is 27.5 Å². The summed E-state index contributed by atoms with van der Waals surface area (Å²) in [4.78, 5) is 11.5. The number of para-hydroxylation sites is 1. The number of aryl methyl sites for hydroxylation is 1. The number of hydrogen-bond acceptors (Lipinski definition) is 3. The van der Waals surface area contributed by atoms with Crippen LogP contribution in [-0.2, 0) is 17.8 Å². The summed E-state index contributed by atoms with van der Waals surface area (Å²) in [6, 6.07) is 11.1. The van der Waals surface area contributed by atoms with Gasteiger partial charge in [-0.3, -0.25) is 4.79 Å². The fourth-order valence-corrected chi connectivity index (χ4v) is 2.82. The van der Waals surface area contributed by atoms with Crippen molar-refractivity contribution in [3.05, 3.63) is 57.0 Å². The van der Waals surface area contributed by atoms with Gasteiger partial charge in [-0.25, -0.2) is 0 Å². The van der Waals surface area contributed by atoms with Crippen LogP contribution in [0, 0.1) is 0 Å². The molecule has 0 N–H and O–H groups in total. The standard InChI is InChI=1S/C18H18BrClO3/c1-3-12-9-14(19)17(10-15(12)20)22-11-13-7-5-6-8-16(13)23-18(21)4-2/h5-10H,3-4,11H2,1-2H3. The highest BCUT2D eigenvalue weighted by molar-refractivity contribution is 9.10. The molecule has 0 saturated carbocycles. The lowest BCUT2D eigenvalue weighted by Gasteiger charge is -2.13. The van der Waals surface area contributed by atoms with Gasteiger partial charge in [0.25, 0.3) is 0 Å². The highest BCUT2D eigenvalue weighted by Gasteiger charge is 2.11. The summed E-state index contributed by atoms with van der Waals surface area (Å²) in [7, 11) is 0. The first-order valence-corrected chi connectivity index (χ1v) is 8.61. The van der Waals surface area contributed by atoms with Gasteiger partial charge in [0.15, 0.2) is 0 Å². The molecule has 2 aromatic carbocycles. The van der Waals surface area contributed by atoms with E-state index >= 15 is 0 Å². The number of hydrogen-bond donors (Lipinski definition) is 0. The van der Waals surface area contributed by atoms with E-state index in [2.05, 4.69) is 15.9 Å². The Hall–Kier alpha value is -1.52. The van der Waals surface area contributed by atoms with Crippen molar-refractivity contribution in [3.63, 3.8) is 0 Å². The van der Waals surface area contributed by atoms with E-state index in [1.807, 2.05) is 31.2 Å². The van der Waals surface area contributed by atoms with Gasteiger partial charge in [0.2, 0.25) is 0 Å². The van der Waals surface area contributed by atoms with Gasteiger partial charge < -0.3 is 9.47 Å². The van der Waals surface area contributed by atoms with Crippen molar-refractivity contribution in [3.8, 4) is 11.5 Å². The van der Waals surface area contributed by atoms with Gasteiger partial charge in [0.1, 0.15) is 18.1 Å². The molecule has 0 aromatic heterocycles. The Labute approximate surface area is 149 Å². The van der Waals surface area contributed by atoms with E-state index in [1.165, 1.54) is 0 Å². The third-order valence-corrected chi connectivity index (χ3v) is 4.32. The summed E-state index contributed by atoms with van der Waals surface area (Å²) in [5.41, 5.74) is 1.86. The van der Waals surface area contributed by atoms with Crippen LogP contribution in [0.1, 0.15) is 31.4 Å². The molecule has 122 valence electrons. The highest BCUT2D eigenvalue weighted by atomic mass is 79.9. The summed E-state index contributed by atoms with van der Waals surface area (Å²) in [6.07, 6.45) is 1.18. The van der Waals surface area contributed by atoms with E-state index in [0.717, 1.165) is 22.0 Å². The first-order chi connectivity index (χ1) is 11.0. The average Bonchev–Trinajstić information content (AvgIpc) is 2.56. The van der Waals surface area contributed by atoms with Gasteiger partial charge in [-0.05, 0) is 40.0 Å². The molecular weight excluding hydrogens is 380 g/mol. The van der Waals surface area contributed by atoms with Crippen molar-refractivity contribution in [2.45, 2.75) is 33.3 Å². The van der Waals surface area contributed by atoms with Gasteiger partial charge >= 0.3 is 5.97 Å². The summed E-state index contributed by atoms with van der Waals surface area (Å²) in [6.45, 7) is 4.09. The molecule has 23 heavy (non-hydrogen) atoms. The van der Waals surface area contributed by atoms with Crippen LogP contribution in [-0.4, -0.2) is 5.97 Å². The normalized spacial score (nSPS) is 10.4. The Morgan fingerprint density at radius 2 is 1.87 bits per heavy atom. The fraction of sp³-hybridized carbons (Fsp3) is 0.278. The third kappa shape index (κ3) is 4.72. The van der Waals surface area contributed by atoms with Crippen molar-refractivity contribution in [2.75, 3.05) is 0 Å². The van der Waals surface area contributed by atoms with Crippen molar-refractivity contribution in [1.29, 1.82) is 0 Å². The van der Waals surface area contributed by atoms with Gasteiger partial charge in [0, 0.05) is 23.1 Å². The molecule has 0 saturated heterocycles. The number of benzene rings is 2. The molecule has 0 amide bonds. The first kappa shape index (κ1) is 17.8. The number of ether oxygens (including phenoxy) is 2. The summed E-state index contributed by atoms with van der Waals surface area (Å²) >= 11 is 9.73. The van der Waals surface area contributed by atoms with Crippen molar-refractivity contribution < 1.29 is 14.3 Å². The third-order valence-electron chi connectivity index (χ3n) is 3.35. The topological polar surface area (TPSA) is 35.5 Å². The van der Waals surface area contributed by atoms with Crippen LogP contribution in [0.5, 0.6) is 11.5 Å². The second-order valence-corrected chi connectivity index (χ2v) is 6.21. The molecule has 0 fully saturated rings. The molecule has 2 rings (SSSR count). The highest BCUT2D eigenvalue weighted by Crippen LogP contribution is 2.33. The van der Waals surface area contributed by atoms with E-state index in [-0.39, 0.29) is 12.6 Å². The van der Waals surface area contributed by atoms with Crippen LogP contribution in [0.4, 0.5) is 0 Å². The number of carbonyl (C=O) groups excluding carboxylic acids is 1. The Bertz CT molecular complexity index is 701. The summed E-state index contributed by atoms with van der Waals surface area (Å²) in [5.74, 6) is 0.907. The average molecular weight is 398 g/mol. The van der Waals surface area contributed by atoms with Crippen LogP contribution in [0.2, 0.25) is 5.02 Å². The van der Waals surface area contributed by atoms with Gasteiger partial charge in [-0.1, -0.05) is 43.6 Å². The van der Waals surface area contributed by atoms with Crippen LogP contribution < -0.4 is 9.47 Å². The maximum atomic E-state index is 11.5. The molecule has 0 aliphatic heterocycles. The van der Waals surface area contributed by atoms with Gasteiger partial charge in [-0.2, -0.15) is 0 Å². The lowest BCUT2D eigenvalue weighted by Crippen LogP contribution is -2.08. The van der Waals surface area contributed by atoms with Crippen molar-refractivity contribution in [2.24, 2.45) is 0 Å². The molecular formula is C18H18BrClO3. The zero-order valence-corrected chi connectivity index (χ0v) is 15.4. The minimum atomic E-state index is -0.269. The van der Waals surface area contributed by atoms with E-state index in [1.54, 1.807) is 19.1 Å². The predicted octanol–water partition coefficient (Wildman–Crippen LogP) is 5.56. The van der Waals surface area contributed by atoms with Crippen molar-refractivity contribution in [1.82, 2.24) is 0 Å². The quantitative estimate of drug-likeness (QED) is 0.473. The number of halogens is 2. The smallest absolute Gasteiger partial charge is 0.310 e. The Balaban J connectivity index is 2.15. The molecule has 0 aliphatic carbocycles. The molecule has 0 radical (unpaired) electrons. The summed E-state index contributed by atoms with van der Waals surface area (Å²) in [5, 5.41) is 0.677. The number of rotatable bonds is 6. The lowest BCUT2D eigenvalue weighted by atomic mass is 10.1. The Morgan fingerprint density at radius 3 is 2.57 bits per heavy atom. The number of esters is 1. The first-order valence-electron chi connectivity index (χ1n) is 7.44. The lowest BCUT2D eigenvalue weighted by molar-refractivity contribution is -0.134. The number of carbonyl (C=O) groups is 1. The molecule has 0 atom stereocenters. The van der Waals surface area contributed by atoms with Crippen molar-refractivity contribution >= 4 is 33.5 Å².